The molecule has 9 aromatic rings. The van der Waals surface area contributed by atoms with Gasteiger partial charge in [-0.3, -0.25) is 9.98 Å². The number of aliphatic imine (C=N–C) groups is 1. The summed E-state index contributed by atoms with van der Waals surface area (Å²) in [5, 5.41) is 4.75. The van der Waals surface area contributed by atoms with Crippen molar-refractivity contribution in [1.29, 1.82) is 0 Å². The number of hydrogen-bond acceptors (Lipinski definition) is 2. The molecule has 8 aromatic carbocycles. The van der Waals surface area contributed by atoms with E-state index in [1.807, 2.05) is 43.5 Å². The van der Waals surface area contributed by atoms with Gasteiger partial charge in [0, 0.05) is 17.3 Å². The van der Waals surface area contributed by atoms with E-state index in [0.29, 0.717) is 0 Å². The first-order chi connectivity index (χ1) is 28.2. The predicted molar refractivity (Wildman–Crippen MR) is 244 cm³/mol. The van der Waals surface area contributed by atoms with Crippen molar-refractivity contribution in [2.45, 2.75) is 6.92 Å². The minimum Gasteiger partial charge on any atom is -0.264 e. The Morgan fingerprint density at radius 3 is 1.60 bits per heavy atom. The van der Waals surface area contributed by atoms with Crippen molar-refractivity contribution in [1.82, 2.24) is 4.98 Å². The molecule has 0 aliphatic rings. The molecular weight excluding hydrogens is 689 g/mol. The van der Waals surface area contributed by atoms with Crippen molar-refractivity contribution in [2.75, 3.05) is 0 Å². The van der Waals surface area contributed by atoms with Crippen molar-refractivity contribution in [3.8, 4) is 66.9 Å². The standard InChI is InChI=1S/C55H40N2/c1-3-4-27-52(56-2)41-21-15-24-44(32-41)55-49-26-12-11-25-48(49)54(43-23-16-22-42(33-43)53-28-13-14-31-57-53)50-30-29-40(37-51(50)55)47-35-45(38-17-7-5-8-18-38)34-46(36-47)39-19-9-6-10-20-39/h3-37H,2H2,1H3/b4-3-,52-27-. The van der Waals surface area contributed by atoms with E-state index in [1.165, 1.54) is 54.9 Å². The molecule has 2 heteroatoms. The third kappa shape index (κ3) is 7.01. The van der Waals surface area contributed by atoms with Gasteiger partial charge >= 0.3 is 0 Å². The molecule has 0 fully saturated rings. The van der Waals surface area contributed by atoms with Gasteiger partial charge in [0.2, 0.25) is 0 Å². The van der Waals surface area contributed by atoms with Crippen molar-refractivity contribution >= 4 is 34.0 Å². The summed E-state index contributed by atoms with van der Waals surface area (Å²) in [7, 11) is 0. The second-order valence-corrected chi connectivity index (χ2v) is 14.2. The summed E-state index contributed by atoms with van der Waals surface area (Å²) >= 11 is 0. The summed E-state index contributed by atoms with van der Waals surface area (Å²) in [5.74, 6) is 0. The van der Waals surface area contributed by atoms with Crippen LogP contribution in [0.4, 0.5) is 0 Å². The van der Waals surface area contributed by atoms with E-state index in [0.717, 1.165) is 44.8 Å². The number of benzene rings is 8. The van der Waals surface area contributed by atoms with Gasteiger partial charge in [-0.05, 0) is 145 Å². The minimum atomic E-state index is 0.832. The number of pyridine rings is 1. The maximum atomic E-state index is 4.69. The van der Waals surface area contributed by atoms with Crippen LogP contribution >= 0.6 is 0 Å². The Hall–Kier alpha value is -7.42. The molecule has 0 spiro atoms. The summed E-state index contributed by atoms with van der Waals surface area (Å²) < 4.78 is 0. The van der Waals surface area contributed by atoms with E-state index in [2.05, 4.69) is 188 Å². The van der Waals surface area contributed by atoms with Crippen molar-refractivity contribution < 1.29 is 0 Å². The lowest BCUT2D eigenvalue weighted by atomic mass is 9.84. The zero-order valence-electron chi connectivity index (χ0n) is 31.8. The quantitative estimate of drug-likeness (QED) is 0.0825. The van der Waals surface area contributed by atoms with E-state index >= 15 is 0 Å². The van der Waals surface area contributed by atoms with Gasteiger partial charge in [0.05, 0.1) is 11.4 Å². The molecular formula is C55H40N2. The lowest BCUT2D eigenvalue weighted by Crippen LogP contribution is -1.93. The zero-order valence-corrected chi connectivity index (χ0v) is 31.8. The van der Waals surface area contributed by atoms with Gasteiger partial charge in [-0.2, -0.15) is 0 Å². The maximum Gasteiger partial charge on any atom is 0.0702 e. The van der Waals surface area contributed by atoms with E-state index < -0.39 is 0 Å². The van der Waals surface area contributed by atoms with Crippen LogP contribution in [0.2, 0.25) is 0 Å². The number of aromatic nitrogens is 1. The molecule has 0 amide bonds. The Bertz CT molecular complexity index is 2900. The summed E-state index contributed by atoms with van der Waals surface area (Å²) in [5.41, 5.74) is 15.6. The van der Waals surface area contributed by atoms with Crippen LogP contribution in [0, 0.1) is 0 Å². The fourth-order valence-corrected chi connectivity index (χ4v) is 8.00. The lowest BCUT2D eigenvalue weighted by molar-refractivity contribution is 1.33. The van der Waals surface area contributed by atoms with Crippen LogP contribution in [0.5, 0.6) is 0 Å². The molecule has 0 aliphatic heterocycles. The highest BCUT2D eigenvalue weighted by Crippen LogP contribution is 2.46. The van der Waals surface area contributed by atoms with Crippen LogP contribution < -0.4 is 0 Å². The Balaban J connectivity index is 1.34. The molecule has 0 aliphatic carbocycles. The monoisotopic (exact) mass is 728 g/mol. The Labute approximate surface area is 334 Å². The Kier molecular flexibility index (Phi) is 9.75. The van der Waals surface area contributed by atoms with Crippen LogP contribution in [0.3, 0.4) is 0 Å². The second-order valence-electron chi connectivity index (χ2n) is 14.2. The normalized spacial score (nSPS) is 11.7. The first-order valence-corrected chi connectivity index (χ1v) is 19.4. The van der Waals surface area contributed by atoms with Crippen molar-refractivity contribution in [3.63, 3.8) is 0 Å². The molecule has 0 saturated heterocycles. The van der Waals surface area contributed by atoms with E-state index in [-0.39, 0.29) is 0 Å². The summed E-state index contributed by atoms with van der Waals surface area (Å²) in [6, 6.07) is 67.7. The molecule has 1 aromatic heterocycles. The molecule has 270 valence electrons. The van der Waals surface area contributed by atoms with Gasteiger partial charge in [-0.25, -0.2) is 0 Å². The summed E-state index contributed by atoms with van der Waals surface area (Å²) in [6.07, 6.45) is 7.89. The molecule has 0 atom stereocenters. The Morgan fingerprint density at radius 2 is 0.965 bits per heavy atom. The molecule has 1 heterocycles. The topological polar surface area (TPSA) is 25.2 Å². The third-order valence-corrected chi connectivity index (χ3v) is 10.7. The average molecular weight is 729 g/mol. The van der Waals surface area contributed by atoms with Crippen molar-refractivity contribution in [3.05, 3.63) is 218 Å². The Morgan fingerprint density at radius 1 is 0.439 bits per heavy atom. The SMILES string of the molecule is C=N/C(=C\C=C/C)c1cccc(-c2c3ccccc3c(-c3cccc(-c4ccccn4)c3)c3ccc(-c4cc(-c5ccccc5)cc(-c5ccccc5)c4)cc23)c1. The molecule has 0 unspecified atom stereocenters. The van der Waals surface area contributed by atoms with E-state index in [1.54, 1.807) is 0 Å². The van der Waals surface area contributed by atoms with Gasteiger partial charge in [0.25, 0.3) is 0 Å². The van der Waals surface area contributed by atoms with Gasteiger partial charge in [-0.15, -0.1) is 0 Å². The van der Waals surface area contributed by atoms with Crippen molar-refractivity contribution in [2.24, 2.45) is 4.99 Å². The van der Waals surface area contributed by atoms with E-state index in [9.17, 15) is 0 Å². The molecule has 0 radical (unpaired) electrons. The van der Waals surface area contributed by atoms with Gasteiger partial charge in [-0.1, -0.05) is 152 Å². The first-order valence-electron chi connectivity index (χ1n) is 19.4. The third-order valence-electron chi connectivity index (χ3n) is 10.7. The van der Waals surface area contributed by atoms with Crippen LogP contribution in [-0.2, 0) is 0 Å². The van der Waals surface area contributed by atoms with E-state index in [4.69, 9.17) is 4.98 Å². The molecule has 0 bridgehead atoms. The lowest BCUT2D eigenvalue weighted by Gasteiger charge is -2.20. The van der Waals surface area contributed by atoms with Crippen LogP contribution in [-0.4, -0.2) is 11.7 Å². The number of allylic oxidation sites excluding steroid dienone is 3. The fourth-order valence-electron chi connectivity index (χ4n) is 8.00. The second kappa shape index (κ2) is 15.7. The predicted octanol–water partition coefficient (Wildman–Crippen LogP) is 15.0. The first kappa shape index (κ1) is 35.3. The number of rotatable bonds is 9. The molecule has 2 nitrogen and oxygen atoms in total. The largest absolute Gasteiger partial charge is 0.264 e. The summed E-state index contributed by atoms with van der Waals surface area (Å²) in [4.78, 5) is 9.11. The highest BCUT2D eigenvalue weighted by atomic mass is 14.7. The van der Waals surface area contributed by atoms with Gasteiger partial charge in [0.15, 0.2) is 0 Å². The molecule has 9 rings (SSSR count). The molecule has 0 N–H and O–H groups in total. The van der Waals surface area contributed by atoms with Crippen LogP contribution in [0.25, 0.3) is 94.1 Å². The molecule has 0 saturated carbocycles. The summed E-state index contributed by atoms with van der Waals surface area (Å²) in [6.45, 7) is 5.92. The number of nitrogens with zero attached hydrogens (tertiary/aromatic N) is 2. The van der Waals surface area contributed by atoms with Gasteiger partial charge in [0.1, 0.15) is 0 Å². The zero-order chi connectivity index (χ0) is 38.6. The highest BCUT2D eigenvalue weighted by Gasteiger charge is 2.19. The minimum absolute atomic E-state index is 0.832. The van der Waals surface area contributed by atoms with Crippen LogP contribution in [0.15, 0.2) is 217 Å². The smallest absolute Gasteiger partial charge is 0.0702 e. The van der Waals surface area contributed by atoms with Gasteiger partial charge < -0.3 is 0 Å². The maximum absolute atomic E-state index is 4.69. The number of hydrogen-bond donors (Lipinski definition) is 0. The number of fused-ring (bicyclic) bond motifs is 2. The molecule has 57 heavy (non-hydrogen) atoms. The highest BCUT2D eigenvalue weighted by molar-refractivity contribution is 6.22. The fraction of sp³-hybridized carbons (Fsp3) is 0.0182. The van der Waals surface area contributed by atoms with Crippen LogP contribution in [0.1, 0.15) is 12.5 Å². The average Bonchev–Trinajstić information content (AvgIpc) is 3.29.